The maximum atomic E-state index is 12.2. The molecule has 0 aliphatic rings. The van der Waals surface area contributed by atoms with Crippen molar-refractivity contribution in [3.8, 4) is 0 Å². The van der Waals surface area contributed by atoms with Crippen LogP contribution in [0.3, 0.4) is 0 Å². The van der Waals surface area contributed by atoms with E-state index in [1.807, 2.05) is 18.4 Å². The Morgan fingerprint density at radius 2 is 2.11 bits per heavy atom. The number of carbonyl (C=O) groups is 1. The van der Waals surface area contributed by atoms with Crippen LogP contribution in [0.2, 0.25) is 0 Å². The number of hydrogen-bond acceptors (Lipinski definition) is 4. The number of carbonyl (C=O) groups excluding carboxylic acids is 1. The van der Waals surface area contributed by atoms with Gasteiger partial charge in [-0.3, -0.25) is 4.79 Å². The van der Waals surface area contributed by atoms with Crippen molar-refractivity contribution in [1.29, 1.82) is 0 Å². The van der Waals surface area contributed by atoms with Crippen LogP contribution in [0.25, 0.3) is 0 Å². The van der Waals surface area contributed by atoms with E-state index in [2.05, 4.69) is 29.4 Å². The molecule has 0 radical (unpaired) electrons. The van der Waals surface area contributed by atoms with Gasteiger partial charge in [-0.2, -0.15) is 15.0 Å². The van der Waals surface area contributed by atoms with E-state index in [4.69, 9.17) is 0 Å². The van der Waals surface area contributed by atoms with Gasteiger partial charge in [-0.05, 0) is 29.9 Å². The third-order valence-electron chi connectivity index (χ3n) is 2.90. The second-order valence-corrected chi connectivity index (χ2v) is 5.81. The SMILES string of the molecule is Cc1csc(C(=O)N[C@H](Cn2nccn2)C(C)C)c1. The summed E-state index contributed by atoms with van der Waals surface area (Å²) in [7, 11) is 0. The standard InChI is InChI=1S/C13H18N4OS/c1-9(2)11(7-17-14-4-5-15-17)16-13(18)12-6-10(3)8-19-12/h4-6,8-9,11H,7H2,1-3H3,(H,16,18)/t11-/m1/s1. The molecule has 0 aromatic carbocycles. The van der Waals surface area contributed by atoms with Crippen LogP contribution >= 0.6 is 11.3 Å². The average molecular weight is 278 g/mol. The third-order valence-corrected chi connectivity index (χ3v) is 3.95. The number of nitrogens with zero attached hydrogens (tertiary/aromatic N) is 3. The van der Waals surface area contributed by atoms with Gasteiger partial charge in [-0.25, -0.2) is 0 Å². The third kappa shape index (κ3) is 3.64. The molecule has 5 nitrogen and oxygen atoms in total. The van der Waals surface area contributed by atoms with Gasteiger partial charge in [0.2, 0.25) is 0 Å². The molecular weight excluding hydrogens is 260 g/mol. The summed E-state index contributed by atoms with van der Waals surface area (Å²) in [5, 5.41) is 13.2. The van der Waals surface area contributed by atoms with Crippen LogP contribution < -0.4 is 5.32 Å². The highest BCUT2D eigenvalue weighted by Crippen LogP contribution is 2.14. The summed E-state index contributed by atoms with van der Waals surface area (Å²) in [6.07, 6.45) is 3.28. The number of aromatic nitrogens is 3. The molecule has 1 N–H and O–H groups in total. The average Bonchev–Trinajstić information content (AvgIpc) is 2.99. The van der Waals surface area contributed by atoms with Gasteiger partial charge >= 0.3 is 0 Å². The van der Waals surface area contributed by atoms with Crippen LogP contribution in [0, 0.1) is 12.8 Å². The summed E-state index contributed by atoms with van der Waals surface area (Å²) < 4.78 is 0. The van der Waals surface area contributed by atoms with Crippen LogP contribution in [0.5, 0.6) is 0 Å². The van der Waals surface area contributed by atoms with Crippen molar-refractivity contribution in [1.82, 2.24) is 20.3 Å². The van der Waals surface area contributed by atoms with Gasteiger partial charge < -0.3 is 5.32 Å². The summed E-state index contributed by atoms with van der Waals surface area (Å²) in [5.74, 6) is 0.292. The molecule has 1 atom stereocenters. The largest absolute Gasteiger partial charge is 0.346 e. The van der Waals surface area contributed by atoms with Crippen LogP contribution in [-0.4, -0.2) is 26.9 Å². The Morgan fingerprint density at radius 1 is 1.42 bits per heavy atom. The van der Waals surface area contributed by atoms with Crippen LogP contribution in [0.1, 0.15) is 29.1 Å². The quantitative estimate of drug-likeness (QED) is 0.911. The van der Waals surface area contributed by atoms with Gasteiger partial charge in [-0.1, -0.05) is 13.8 Å². The van der Waals surface area contributed by atoms with Gasteiger partial charge in [0.15, 0.2) is 0 Å². The predicted octanol–water partition coefficient (Wildman–Crippen LogP) is 2.10. The number of hydrogen-bond donors (Lipinski definition) is 1. The van der Waals surface area contributed by atoms with Crippen molar-refractivity contribution in [2.24, 2.45) is 5.92 Å². The zero-order valence-corrected chi connectivity index (χ0v) is 12.1. The summed E-state index contributed by atoms with van der Waals surface area (Å²) in [5.41, 5.74) is 1.12. The first kappa shape index (κ1) is 13.7. The van der Waals surface area contributed by atoms with Gasteiger partial charge in [-0.15, -0.1) is 11.3 Å². The second-order valence-electron chi connectivity index (χ2n) is 4.90. The van der Waals surface area contributed by atoms with Gasteiger partial charge in [0.1, 0.15) is 0 Å². The molecule has 2 aromatic rings. The molecule has 0 saturated carbocycles. The first-order valence-corrected chi connectivity index (χ1v) is 7.14. The number of amides is 1. The Bertz CT molecular complexity index is 533. The minimum atomic E-state index is -0.0241. The maximum Gasteiger partial charge on any atom is 0.261 e. The fourth-order valence-corrected chi connectivity index (χ4v) is 2.53. The molecule has 0 unspecified atom stereocenters. The molecule has 1 amide bonds. The molecule has 2 rings (SSSR count). The summed E-state index contributed by atoms with van der Waals surface area (Å²) in [6, 6.07) is 1.92. The monoisotopic (exact) mass is 278 g/mol. The lowest BCUT2D eigenvalue weighted by molar-refractivity contribution is 0.0922. The van der Waals surface area contributed by atoms with Crippen LogP contribution in [-0.2, 0) is 6.54 Å². The molecule has 0 fully saturated rings. The smallest absolute Gasteiger partial charge is 0.261 e. The Hall–Kier alpha value is -1.69. The maximum absolute atomic E-state index is 12.2. The fourth-order valence-electron chi connectivity index (χ4n) is 1.73. The molecule has 0 bridgehead atoms. The zero-order chi connectivity index (χ0) is 13.8. The van der Waals surface area contributed by atoms with Gasteiger partial charge in [0, 0.05) is 0 Å². The molecule has 0 aliphatic carbocycles. The number of rotatable bonds is 5. The zero-order valence-electron chi connectivity index (χ0n) is 11.3. The lowest BCUT2D eigenvalue weighted by Gasteiger charge is -2.21. The number of nitrogens with one attached hydrogen (secondary N) is 1. The molecule has 6 heteroatoms. The lowest BCUT2D eigenvalue weighted by atomic mass is 10.0. The second kappa shape index (κ2) is 5.97. The molecule has 0 spiro atoms. The highest BCUT2D eigenvalue weighted by atomic mass is 32.1. The first-order chi connectivity index (χ1) is 9.06. The molecule has 0 saturated heterocycles. The summed E-state index contributed by atoms with van der Waals surface area (Å²) >= 11 is 1.47. The van der Waals surface area contributed by atoms with E-state index in [1.54, 1.807) is 17.2 Å². The van der Waals surface area contributed by atoms with E-state index in [-0.39, 0.29) is 11.9 Å². The van der Waals surface area contributed by atoms with Crippen molar-refractivity contribution >= 4 is 17.2 Å². The molecule has 102 valence electrons. The molecule has 2 heterocycles. The highest BCUT2D eigenvalue weighted by molar-refractivity contribution is 7.12. The van der Waals surface area contributed by atoms with Crippen LogP contribution in [0.15, 0.2) is 23.8 Å². The summed E-state index contributed by atoms with van der Waals surface area (Å²) in [4.78, 5) is 14.5. The van der Waals surface area contributed by atoms with E-state index < -0.39 is 0 Å². The molecule has 2 aromatic heterocycles. The van der Waals surface area contributed by atoms with E-state index in [9.17, 15) is 4.79 Å². The van der Waals surface area contributed by atoms with E-state index in [0.717, 1.165) is 10.4 Å². The van der Waals surface area contributed by atoms with E-state index in [0.29, 0.717) is 12.5 Å². The summed E-state index contributed by atoms with van der Waals surface area (Å²) in [6.45, 7) is 6.73. The van der Waals surface area contributed by atoms with Crippen molar-refractivity contribution in [3.63, 3.8) is 0 Å². The van der Waals surface area contributed by atoms with Crippen molar-refractivity contribution in [2.75, 3.05) is 0 Å². The van der Waals surface area contributed by atoms with E-state index >= 15 is 0 Å². The molecule has 0 aliphatic heterocycles. The number of thiophene rings is 1. The van der Waals surface area contributed by atoms with Crippen molar-refractivity contribution in [2.45, 2.75) is 33.4 Å². The van der Waals surface area contributed by atoms with Gasteiger partial charge in [0.05, 0.1) is 29.9 Å². The Labute approximate surface area is 116 Å². The highest BCUT2D eigenvalue weighted by Gasteiger charge is 2.19. The topological polar surface area (TPSA) is 59.8 Å². The first-order valence-electron chi connectivity index (χ1n) is 6.26. The minimum absolute atomic E-state index is 0.0160. The van der Waals surface area contributed by atoms with Crippen molar-refractivity contribution in [3.05, 3.63) is 34.3 Å². The van der Waals surface area contributed by atoms with Crippen LogP contribution in [0.4, 0.5) is 0 Å². The molecule has 19 heavy (non-hydrogen) atoms. The van der Waals surface area contributed by atoms with E-state index in [1.165, 1.54) is 11.3 Å². The number of aryl methyl sites for hydroxylation is 1. The fraction of sp³-hybridized carbons (Fsp3) is 0.462. The predicted molar refractivity (Wildman–Crippen MR) is 75.2 cm³/mol. The Balaban J connectivity index is 2.02. The van der Waals surface area contributed by atoms with Gasteiger partial charge in [0.25, 0.3) is 5.91 Å². The normalized spacial score (nSPS) is 12.6. The van der Waals surface area contributed by atoms with Crippen molar-refractivity contribution < 1.29 is 4.79 Å². The minimum Gasteiger partial charge on any atom is -0.346 e. The lowest BCUT2D eigenvalue weighted by Crippen LogP contribution is -2.41. The Kier molecular flexibility index (Phi) is 4.31. The molecular formula is C13H18N4OS. The Morgan fingerprint density at radius 3 is 2.63 bits per heavy atom.